The van der Waals surface area contributed by atoms with Crippen molar-refractivity contribution in [3.8, 4) is 11.5 Å². The van der Waals surface area contributed by atoms with E-state index < -0.39 is 16.5 Å². The lowest BCUT2D eigenvalue weighted by atomic mass is 9.72. The van der Waals surface area contributed by atoms with E-state index in [1.54, 1.807) is 24.3 Å². The molecule has 4 rings (SSSR count). The fourth-order valence-corrected chi connectivity index (χ4v) is 7.04. The highest BCUT2D eigenvalue weighted by Gasteiger charge is 2.30. The second-order valence-corrected chi connectivity index (χ2v) is 13.4. The first-order valence-corrected chi connectivity index (χ1v) is 15.1. The molecule has 0 unspecified atom stereocenters. The van der Waals surface area contributed by atoms with E-state index in [1.807, 2.05) is 42.5 Å². The van der Waals surface area contributed by atoms with Crippen LogP contribution in [0.5, 0.6) is 11.5 Å². The molecule has 0 atom stereocenters. The monoisotopic (exact) mass is 544 g/mol. The van der Waals surface area contributed by atoms with Gasteiger partial charge in [-0.05, 0) is 85.5 Å². The average Bonchev–Trinajstić information content (AvgIpc) is 2.84. The Morgan fingerprint density at radius 1 is 0.811 bits per heavy atom. The Hall–Kier alpha value is -2.52. The van der Waals surface area contributed by atoms with Crippen LogP contribution in [-0.4, -0.2) is 29.3 Å². The normalized spacial score (nSPS) is 18.2. The van der Waals surface area contributed by atoms with E-state index in [1.165, 1.54) is 15.4 Å². The molecule has 1 aliphatic rings. The molecule has 0 saturated heterocycles. The smallest absolute Gasteiger partial charge is 0.217 e. The zero-order chi connectivity index (χ0) is 27.1. The van der Waals surface area contributed by atoms with Gasteiger partial charge in [0.2, 0.25) is 10.4 Å². The third kappa shape index (κ3) is 9.70. The van der Waals surface area contributed by atoms with Crippen LogP contribution in [0.2, 0.25) is 0 Å². The van der Waals surface area contributed by atoms with Crippen molar-refractivity contribution in [1.82, 2.24) is 0 Å². The van der Waals surface area contributed by atoms with Gasteiger partial charge in [0.05, 0.1) is 17.0 Å². The summed E-state index contributed by atoms with van der Waals surface area (Å²) in [5, 5.41) is 19.0. The predicted octanol–water partition coefficient (Wildman–Crippen LogP) is 6.40. The molecule has 1 saturated carbocycles. The van der Waals surface area contributed by atoms with Gasteiger partial charge in [-0.15, -0.1) is 0 Å². The van der Waals surface area contributed by atoms with Gasteiger partial charge in [-0.2, -0.15) is 0 Å². The Labute approximate surface area is 223 Å². The molecule has 3 aromatic carbocycles. The predicted molar refractivity (Wildman–Crippen MR) is 146 cm³/mol. The summed E-state index contributed by atoms with van der Waals surface area (Å²) in [6, 6.07) is 25.1. The van der Waals surface area contributed by atoms with E-state index >= 15 is 0 Å². The standard InChI is InChI=1S/C19H16O2S.C10H20O4S/c20-16-6-10-18(11-7-16)22(14-15-4-2-1-3-5-15)19-12-8-17(21)9-13-19;1-10(2,3)8-4-6-9(7-5-8)14-15(11,12)13/h1-13H,14H2,(H-,20,21);8-9H,4-7H2,1-3H3,(H,11,12,13). The molecule has 1 aliphatic carbocycles. The number of aromatic hydroxyl groups is 2. The molecule has 37 heavy (non-hydrogen) atoms. The molecule has 0 radical (unpaired) electrons. The van der Waals surface area contributed by atoms with E-state index in [9.17, 15) is 23.2 Å². The third-order valence-corrected chi connectivity index (χ3v) is 9.36. The average molecular weight is 545 g/mol. The largest absolute Gasteiger partial charge is 0.726 e. The van der Waals surface area contributed by atoms with Gasteiger partial charge < -0.3 is 14.8 Å². The molecule has 6 nitrogen and oxygen atoms in total. The molecule has 3 aromatic rings. The summed E-state index contributed by atoms with van der Waals surface area (Å²) < 4.78 is 35.7. The Morgan fingerprint density at radius 2 is 1.27 bits per heavy atom. The second-order valence-electron chi connectivity index (χ2n) is 10.4. The van der Waals surface area contributed by atoms with Gasteiger partial charge in [-0.1, -0.05) is 51.1 Å². The van der Waals surface area contributed by atoms with Crippen molar-refractivity contribution in [2.24, 2.45) is 11.3 Å². The molecule has 2 N–H and O–H groups in total. The highest BCUT2D eigenvalue weighted by atomic mass is 32.3. The minimum absolute atomic E-state index is 0.141. The van der Waals surface area contributed by atoms with Crippen molar-refractivity contribution in [3.63, 3.8) is 0 Å². The van der Waals surface area contributed by atoms with Crippen molar-refractivity contribution in [2.45, 2.75) is 68.1 Å². The Balaban J connectivity index is 0.000000222. The Morgan fingerprint density at radius 3 is 1.68 bits per heavy atom. The summed E-state index contributed by atoms with van der Waals surface area (Å²) in [6.07, 6.45) is 2.81. The van der Waals surface area contributed by atoms with Crippen LogP contribution in [-0.2, 0) is 31.2 Å². The molecule has 0 bridgehead atoms. The number of hydrogen-bond acceptors (Lipinski definition) is 6. The molecule has 0 aromatic heterocycles. The van der Waals surface area contributed by atoms with Crippen molar-refractivity contribution in [2.75, 3.05) is 0 Å². The maximum atomic E-state index is 10.4. The lowest BCUT2D eigenvalue weighted by molar-refractivity contribution is 0.0827. The Kier molecular flexibility index (Phi) is 10.1. The van der Waals surface area contributed by atoms with E-state index in [0.717, 1.165) is 18.6 Å². The summed E-state index contributed by atoms with van der Waals surface area (Å²) >= 11 is 0. The highest BCUT2D eigenvalue weighted by Crippen LogP contribution is 2.38. The second kappa shape index (κ2) is 12.8. The molecule has 0 amide bonds. The quantitative estimate of drug-likeness (QED) is 0.211. The van der Waals surface area contributed by atoms with Gasteiger partial charge in [0, 0.05) is 5.56 Å². The van der Waals surface area contributed by atoms with Gasteiger partial charge in [0.15, 0.2) is 9.79 Å². The van der Waals surface area contributed by atoms with Gasteiger partial charge in [-0.3, -0.25) is 4.18 Å². The first-order chi connectivity index (χ1) is 17.4. The summed E-state index contributed by atoms with van der Waals surface area (Å²) in [6.45, 7) is 6.55. The molecule has 0 aliphatic heterocycles. The van der Waals surface area contributed by atoms with Crippen LogP contribution < -0.4 is 0 Å². The number of phenolic OH excluding ortho intramolecular Hbond substituents is 2. The van der Waals surface area contributed by atoms with Crippen LogP contribution in [0.4, 0.5) is 0 Å². The van der Waals surface area contributed by atoms with Gasteiger partial charge >= 0.3 is 0 Å². The van der Waals surface area contributed by atoms with Gasteiger partial charge in [-0.25, -0.2) is 8.42 Å². The van der Waals surface area contributed by atoms with E-state index in [0.29, 0.717) is 18.8 Å². The number of phenols is 2. The molecule has 0 heterocycles. The first-order valence-electron chi connectivity index (χ1n) is 12.4. The van der Waals surface area contributed by atoms with Crippen molar-refractivity contribution in [1.29, 1.82) is 0 Å². The number of rotatable bonds is 6. The van der Waals surface area contributed by atoms with Crippen LogP contribution >= 0.6 is 0 Å². The molecule has 200 valence electrons. The molecule has 8 heteroatoms. The molecular formula is C29H36O6S2. The SMILES string of the molecule is CC(C)(C)C1CCC(OS(=O)(=O)[O-])CC1.Oc1ccc([S+](Cc2ccccc2)c2ccc(O)cc2)cc1. The first kappa shape index (κ1) is 29.0. The minimum atomic E-state index is -4.53. The maximum Gasteiger partial charge on any atom is 0.217 e. The molecular weight excluding hydrogens is 508 g/mol. The van der Waals surface area contributed by atoms with Crippen molar-refractivity contribution in [3.05, 3.63) is 84.4 Å². The summed E-state index contributed by atoms with van der Waals surface area (Å²) in [7, 11) is -4.67. The zero-order valence-corrected chi connectivity index (χ0v) is 23.2. The van der Waals surface area contributed by atoms with Gasteiger partial charge in [0.25, 0.3) is 0 Å². The fraction of sp³-hybridized carbons (Fsp3) is 0.379. The molecule has 1 fully saturated rings. The lowest BCUT2D eigenvalue weighted by Gasteiger charge is -2.36. The topological polar surface area (TPSA) is 107 Å². The van der Waals surface area contributed by atoms with Crippen LogP contribution in [0.15, 0.2) is 88.7 Å². The molecule has 0 spiro atoms. The minimum Gasteiger partial charge on any atom is -0.726 e. The lowest BCUT2D eigenvalue weighted by Crippen LogP contribution is -2.30. The highest BCUT2D eigenvalue weighted by molar-refractivity contribution is 7.96. The summed E-state index contributed by atoms with van der Waals surface area (Å²) in [4.78, 5) is 2.35. The Bertz CT molecular complexity index is 1150. The maximum absolute atomic E-state index is 10.4. The number of benzene rings is 3. The van der Waals surface area contributed by atoms with Crippen molar-refractivity contribution >= 4 is 21.3 Å². The number of hydrogen-bond donors (Lipinski definition) is 2. The zero-order valence-electron chi connectivity index (χ0n) is 21.5. The van der Waals surface area contributed by atoms with Crippen LogP contribution in [0.1, 0.15) is 52.0 Å². The third-order valence-electron chi connectivity index (χ3n) is 6.55. The van der Waals surface area contributed by atoms with E-state index in [2.05, 4.69) is 37.1 Å². The van der Waals surface area contributed by atoms with Crippen LogP contribution in [0.25, 0.3) is 0 Å². The van der Waals surface area contributed by atoms with E-state index in [-0.39, 0.29) is 27.8 Å². The fourth-order valence-electron chi connectivity index (χ4n) is 4.46. The van der Waals surface area contributed by atoms with Gasteiger partial charge in [0.1, 0.15) is 17.3 Å². The van der Waals surface area contributed by atoms with Crippen LogP contribution in [0, 0.1) is 11.3 Å². The van der Waals surface area contributed by atoms with Crippen molar-refractivity contribution < 1.29 is 27.4 Å². The van der Waals surface area contributed by atoms with Crippen LogP contribution in [0.3, 0.4) is 0 Å². The summed E-state index contributed by atoms with van der Waals surface area (Å²) in [5.41, 5.74) is 1.52. The summed E-state index contributed by atoms with van der Waals surface area (Å²) in [5.74, 6) is 2.04. The van der Waals surface area contributed by atoms with E-state index in [4.69, 9.17) is 0 Å².